The third-order valence-corrected chi connectivity index (χ3v) is 4.19. The summed E-state index contributed by atoms with van der Waals surface area (Å²) in [6.45, 7) is 6.42. The number of hydrogen-bond acceptors (Lipinski definition) is 2. The quantitative estimate of drug-likeness (QED) is 0.877. The van der Waals surface area contributed by atoms with E-state index in [4.69, 9.17) is 4.74 Å². The van der Waals surface area contributed by atoms with Gasteiger partial charge in [0.15, 0.2) is 0 Å². The van der Waals surface area contributed by atoms with Crippen LogP contribution >= 0.6 is 0 Å². The van der Waals surface area contributed by atoms with Crippen LogP contribution in [0.15, 0.2) is 24.3 Å². The number of aliphatic hydroxyl groups excluding tert-OH is 1. The molecule has 1 aliphatic carbocycles. The molecule has 1 aliphatic rings. The summed E-state index contributed by atoms with van der Waals surface area (Å²) in [4.78, 5) is 0. The summed E-state index contributed by atoms with van der Waals surface area (Å²) < 4.78 is 6.05. The first-order valence-corrected chi connectivity index (χ1v) is 7.01. The minimum absolute atomic E-state index is 0.334. The van der Waals surface area contributed by atoms with Crippen molar-refractivity contribution < 1.29 is 9.84 Å². The molecule has 3 unspecified atom stereocenters. The SMILES string of the molecule is CC1CCC(Oc2cccc([C@@H](C)O)c2)CC1C. The lowest BCUT2D eigenvalue weighted by molar-refractivity contribution is 0.100. The van der Waals surface area contributed by atoms with Gasteiger partial charge in [0.05, 0.1) is 12.2 Å². The largest absolute Gasteiger partial charge is 0.490 e. The Morgan fingerprint density at radius 2 is 2.00 bits per heavy atom. The molecule has 2 nitrogen and oxygen atoms in total. The van der Waals surface area contributed by atoms with Crippen LogP contribution in [0.2, 0.25) is 0 Å². The summed E-state index contributed by atoms with van der Waals surface area (Å²) >= 11 is 0. The molecule has 0 spiro atoms. The fourth-order valence-corrected chi connectivity index (χ4v) is 2.65. The van der Waals surface area contributed by atoms with Crippen molar-refractivity contribution in [1.82, 2.24) is 0 Å². The van der Waals surface area contributed by atoms with E-state index >= 15 is 0 Å². The van der Waals surface area contributed by atoms with Crippen LogP contribution in [0.25, 0.3) is 0 Å². The van der Waals surface area contributed by atoms with Crippen molar-refractivity contribution in [2.75, 3.05) is 0 Å². The second kappa shape index (κ2) is 5.75. The van der Waals surface area contributed by atoms with Gasteiger partial charge in [-0.1, -0.05) is 26.0 Å². The van der Waals surface area contributed by atoms with Crippen LogP contribution < -0.4 is 4.74 Å². The lowest BCUT2D eigenvalue weighted by atomic mass is 9.80. The number of rotatable bonds is 3. The molecule has 1 saturated carbocycles. The van der Waals surface area contributed by atoms with Crippen molar-refractivity contribution in [3.63, 3.8) is 0 Å². The van der Waals surface area contributed by atoms with Crippen LogP contribution in [-0.4, -0.2) is 11.2 Å². The van der Waals surface area contributed by atoms with Gasteiger partial charge in [0.2, 0.25) is 0 Å². The maximum atomic E-state index is 9.58. The summed E-state index contributed by atoms with van der Waals surface area (Å²) in [5.74, 6) is 2.44. The number of ether oxygens (including phenoxy) is 1. The standard InChI is InChI=1S/C16H24O2/c1-11-7-8-16(9-12(11)2)18-15-6-4-5-14(10-15)13(3)17/h4-6,10-13,16-17H,7-9H2,1-3H3/t11?,12?,13-,16?/m1/s1. The molecule has 0 aliphatic heterocycles. The summed E-state index contributed by atoms with van der Waals surface area (Å²) in [7, 11) is 0. The highest BCUT2D eigenvalue weighted by Gasteiger charge is 2.25. The van der Waals surface area contributed by atoms with Gasteiger partial charge < -0.3 is 9.84 Å². The Morgan fingerprint density at radius 1 is 1.22 bits per heavy atom. The molecule has 0 amide bonds. The molecule has 2 heteroatoms. The lowest BCUT2D eigenvalue weighted by Gasteiger charge is -2.32. The molecular formula is C16H24O2. The van der Waals surface area contributed by atoms with Gasteiger partial charge in [-0.2, -0.15) is 0 Å². The van der Waals surface area contributed by atoms with Crippen molar-refractivity contribution in [2.45, 2.75) is 52.2 Å². The molecule has 0 bridgehead atoms. The second-order valence-corrected chi connectivity index (χ2v) is 5.76. The van der Waals surface area contributed by atoms with Crippen molar-refractivity contribution in [2.24, 2.45) is 11.8 Å². The monoisotopic (exact) mass is 248 g/mol. The Balaban J connectivity index is 1.99. The van der Waals surface area contributed by atoms with Crippen LogP contribution in [0, 0.1) is 11.8 Å². The van der Waals surface area contributed by atoms with Gasteiger partial charge >= 0.3 is 0 Å². The van der Waals surface area contributed by atoms with Crippen LogP contribution in [0.5, 0.6) is 5.75 Å². The van der Waals surface area contributed by atoms with Gasteiger partial charge in [0.25, 0.3) is 0 Å². The van der Waals surface area contributed by atoms with E-state index in [9.17, 15) is 5.11 Å². The zero-order chi connectivity index (χ0) is 13.1. The van der Waals surface area contributed by atoms with Gasteiger partial charge in [-0.05, 0) is 55.7 Å². The number of benzene rings is 1. The smallest absolute Gasteiger partial charge is 0.120 e. The van der Waals surface area contributed by atoms with Gasteiger partial charge in [-0.3, -0.25) is 0 Å². The van der Waals surface area contributed by atoms with E-state index in [-0.39, 0.29) is 0 Å². The molecular weight excluding hydrogens is 224 g/mol. The molecule has 0 aromatic heterocycles. The van der Waals surface area contributed by atoms with Gasteiger partial charge in [-0.25, -0.2) is 0 Å². The van der Waals surface area contributed by atoms with Crippen LogP contribution in [-0.2, 0) is 0 Å². The van der Waals surface area contributed by atoms with Crippen LogP contribution in [0.1, 0.15) is 51.7 Å². The number of aliphatic hydroxyl groups is 1. The molecule has 0 heterocycles. The maximum Gasteiger partial charge on any atom is 0.120 e. The van der Waals surface area contributed by atoms with Gasteiger partial charge in [0.1, 0.15) is 5.75 Å². The number of hydrogen-bond donors (Lipinski definition) is 1. The maximum absolute atomic E-state index is 9.58. The molecule has 1 fully saturated rings. The first-order valence-electron chi connectivity index (χ1n) is 7.01. The topological polar surface area (TPSA) is 29.5 Å². The summed E-state index contributed by atoms with van der Waals surface area (Å²) in [6.07, 6.45) is 3.44. The Morgan fingerprint density at radius 3 is 2.67 bits per heavy atom. The molecule has 1 aromatic rings. The highest BCUT2D eigenvalue weighted by Crippen LogP contribution is 2.32. The van der Waals surface area contributed by atoms with E-state index in [1.54, 1.807) is 6.92 Å². The minimum Gasteiger partial charge on any atom is -0.490 e. The molecule has 100 valence electrons. The third kappa shape index (κ3) is 3.26. The predicted octanol–water partition coefficient (Wildman–Crippen LogP) is 3.94. The van der Waals surface area contributed by atoms with E-state index in [2.05, 4.69) is 13.8 Å². The first kappa shape index (κ1) is 13.4. The zero-order valence-corrected chi connectivity index (χ0v) is 11.6. The average molecular weight is 248 g/mol. The van der Waals surface area contributed by atoms with Crippen LogP contribution in [0.3, 0.4) is 0 Å². The van der Waals surface area contributed by atoms with E-state index in [0.717, 1.165) is 36.0 Å². The van der Waals surface area contributed by atoms with E-state index in [0.29, 0.717) is 6.10 Å². The van der Waals surface area contributed by atoms with Crippen molar-refractivity contribution in [3.8, 4) is 5.75 Å². The molecule has 18 heavy (non-hydrogen) atoms. The highest BCUT2D eigenvalue weighted by molar-refractivity contribution is 5.29. The lowest BCUT2D eigenvalue weighted by Crippen LogP contribution is -2.28. The highest BCUT2D eigenvalue weighted by atomic mass is 16.5. The van der Waals surface area contributed by atoms with Crippen molar-refractivity contribution in [3.05, 3.63) is 29.8 Å². The van der Waals surface area contributed by atoms with Crippen molar-refractivity contribution >= 4 is 0 Å². The molecule has 1 N–H and O–H groups in total. The van der Waals surface area contributed by atoms with Gasteiger partial charge in [-0.15, -0.1) is 0 Å². The Hall–Kier alpha value is -1.02. The zero-order valence-electron chi connectivity index (χ0n) is 11.6. The molecule has 0 radical (unpaired) electrons. The van der Waals surface area contributed by atoms with Crippen molar-refractivity contribution in [1.29, 1.82) is 0 Å². The second-order valence-electron chi connectivity index (χ2n) is 5.76. The first-order chi connectivity index (χ1) is 8.56. The fourth-order valence-electron chi connectivity index (χ4n) is 2.65. The summed E-state index contributed by atoms with van der Waals surface area (Å²) in [5.41, 5.74) is 0.921. The predicted molar refractivity (Wildman–Crippen MR) is 73.7 cm³/mol. The minimum atomic E-state index is -0.432. The van der Waals surface area contributed by atoms with E-state index in [1.807, 2.05) is 24.3 Å². The van der Waals surface area contributed by atoms with Crippen LogP contribution in [0.4, 0.5) is 0 Å². The summed E-state index contributed by atoms with van der Waals surface area (Å²) in [5, 5.41) is 9.58. The molecule has 1 aromatic carbocycles. The molecule has 2 rings (SSSR count). The Kier molecular flexibility index (Phi) is 4.28. The van der Waals surface area contributed by atoms with E-state index < -0.39 is 6.10 Å². The normalized spacial score (nSPS) is 29.9. The van der Waals surface area contributed by atoms with Gasteiger partial charge in [0, 0.05) is 0 Å². The third-order valence-electron chi connectivity index (χ3n) is 4.19. The molecule has 4 atom stereocenters. The van der Waals surface area contributed by atoms with E-state index in [1.165, 1.54) is 6.42 Å². The Labute approximate surface area is 110 Å². The average Bonchev–Trinajstić information content (AvgIpc) is 2.34. The summed E-state index contributed by atoms with van der Waals surface area (Å²) in [6, 6.07) is 7.82. The fraction of sp³-hybridized carbons (Fsp3) is 0.625. The Bertz CT molecular complexity index is 386. The molecule has 0 saturated heterocycles.